The van der Waals surface area contributed by atoms with Crippen molar-refractivity contribution in [3.05, 3.63) is 35.8 Å². The summed E-state index contributed by atoms with van der Waals surface area (Å²) in [5, 5.41) is 14.9. The number of benzene rings is 1. The molecule has 0 radical (unpaired) electrons. The summed E-state index contributed by atoms with van der Waals surface area (Å²) in [6.07, 6.45) is 0. The Kier molecular flexibility index (Phi) is 4.43. The van der Waals surface area contributed by atoms with Gasteiger partial charge in [-0.3, -0.25) is 5.10 Å². The maximum atomic E-state index is 13.4. The summed E-state index contributed by atoms with van der Waals surface area (Å²) < 4.78 is 18.3. The SMILES string of the molecule is Br.COc1c(F)cccc1-c1cc(C(=O)O)[nH]n1. The van der Waals surface area contributed by atoms with E-state index in [1.54, 1.807) is 6.07 Å². The van der Waals surface area contributed by atoms with Crippen molar-refractivity contribution in [2.24, 2.45) is 0 Å². The first-order valence-electron chi connectivity index (χ1n) is 4.75. The molecule has 0 aliphatic rings. The Labute approximate surface area is 112 Å². The average molecular weight is 317 g/mol. The summed E-state index contributed by atoms with van der Waals surface area (Å²) in [6.45, 7) is 0. The van der Waals surface area contributed by atoms with Crippen LogP contribution in [0.5, 0.6) is 5.75 Å². The Balaban J connectivity index is 0.00000162. The van der Waals surface area contributed by atoms with Gasteiger partial charge in [0.1, 0.15) is 5.69 Å². The number of aromatic amines is 1. The van der Waals surface area contributed by atoms with Gasteiger partial charge in [-0.1, -0.05) is 6.07 Å². The first-order valence-corrected chi connectivity index (χ1v) is 4.75. The van der Waals surface area contributed by atoms with Gasteiger partial charge < -0.3 is 9.84 Å². The predicted octanol–water partition coefficient (Wildman–Crippen LogP) is 2.50. The van der Waals surface area contributed by atoms with Crippen LogP contribution in [0.4, 0.5) is 4.39 Å². The van der Waals surface area contributed by atoms with Crippen LogP contribution in [0, 0.1) is 5.82 Å². The van der Waals surface area contributed by atoms with Crippen molar-refractivity contribution in [2.75, 3.05) is 7.11 Å². The molecular formula is C11H10BrFN2O3. The van der Waals surface area contributed by atoms with Crippen molar-refractivity contribution in [2.45, 2.75) is 0 Å². The molecule has 7 heteroatoms. The van der Waals surface area contributed by atoms with E-state index in [-0.39, 0.29) is 28.4 Å². The summed E-state index contributed by atoms with van der Waals surface area (Å²) in [6, 6.07) is 5.68. The summed E-state index contributed by atoms with van der Waals surface area (Å²) in [4.78, 5) is 10.7. The lowest BCUT2D eigenvalue weighted by Crippen LogP contribution is -1.95. The first-order chi connectivity index (χ1) is 8.13. The lowest BCUT2D eigenvalue weighted by molar-refractivity contribution is 0.0690. The van der Waals surface area contributed by atoms with E-state index in [9.17, 15) is 9.18 Å². The fourth-order valence-corrected chi connectivity index (χ4v) is 1.49. The monoisotopic (exact) mass is 316 g/mol. The second kappa shape index (κ2) is 5.63. The second-order valence-electron chi connectivity index (χ2n) is 3.29. The minimum Gasteiger partial charge on any atom is -0.493 e. The van der Waals surface area contributed by atoms with Crippen LogP contribution in [0.25, 0.3) is 11.3 Å². The van der Waals surface area contributed by atoms with E-state index >= 15 is 0 Å². The minimum atomic E-state index is -1.13. The van der Waals surface area contributed by atoms with Crippen molar-refractivity contribution >= 4 is 23.0 Å². The van der Waals surface area contributed by atoms with Gasteiger partial charge >= 0.3 is 5.97 Å². The number of H-pyrrole nitrogens is 1. The molecule has 2 N–H and O–H groups in total. The van der Waals surface area contributed by atoms with E-state index in [0.717, 1.165) is 0 Å². The van der Waals surface area contributed by atoms with Crippen LogP contribution in [0.2, 0.25) is 0 Å². The number of halogens is 2. The van der Waals surface area contributed by atoms with Crippen LogP contribution in [0.3, 0.4) is 0 Å². The Morgan fingerprint density at radius 2 is 2.22 bits per heavy atom. The highest BCUT2D eigenvalue weighted by atomic mass is 79.9. The number of nitrogens with one attached hydrogen (secondary N) is 1. The summed E-state index contributed by atoms with van der Waals surface area (Å²) >= 11 is 0. The predicted molar refractivity (Wildman–Crippen MR) is 67.8 cm³/mol. The largest absolute Gasteiger partial charge is 0.493 e. The zero-order chi connectivity index (χ0) is 12.4. The number of carboxylic acid groups (broad SMARTS) is 1. The molecule has 1 heterocycles. The number of aromatic carboxylic acids is 1. The molecule has 1 aromatic heterocycles. The lowest BCUT2D eigenvalue weighted by atomic mass is 10.1. The van der Waals surface area contributed by atoms with Crippen molar-refractivity contribution in [1.82, 2.24) is 10.2 Å². The van der Waals surface area contributed by atoms with Gasteiger partial charge in [-0.05, 0) is 18.2 Å². The Morgan fingerprint density at radius 3 is 2.78 bits per heavy atom. The number of nitrogens with zero attached hydrogens (tertiary/aromatic N) is 1. The summed E-state index contributed by atoms with van der Waals surface area (Å²) in [5.41, 5.74) is 0.654. The van der Waals surface area contributed by atoms with Crippen LogP contribution >= 0.6 is 17.0 Å². The van der Waals surface area contributed by atoms with E-state index in [0.29, 0.717) is 11.3 Å². The number of para-hydroxylation sites is 1. The second-order valence-corrected chi connectivity index (χ2v) is 3.29. The maximum Gasteiger partial charge on any atom is 0.353 e. The Morgan fingerprint density at radius 1 is 1.50 bits per heavy atom. The molecule has 0 aliphatic carbocycles. The van der Waals surface area contributed by atoms with Gasteiger partial charge in [-0.2, -0.15) is 5.10 Å². The fourth-order valence-electron chi connectivity index (χ4n) is 1.49. The minimum absolute atomic E-state index is 0. The number of methoxy groups -OCH3 is 1. The van der Waals surface area contributed by atoms with Gasteiger partial charge in [-0.15, -0.1) is 17.0 Å². The van der Waals surface area contributed by atoms with Gasteiger partial charge in [0.15, 0.2) is 11.6 Å². The third-order valence-electron chi connectivity index (χ3n) is 2.26. The number of rotatable bonds is 3. The van der Waals surface area contributed by atoms with Gasteiger partial charge in [-0.25, -0.2) is 9.18 Å². The molecule has 5 nitrogen and oxygen atoms in total. The maximum absolute atomic E-state index is 13.4. The molecule has 1 aromatic carbocycles. The molecule has 0 bridgehead atoms. The number of ether oxygens (including phenoxy) is 1. The number of hydrogen-bond acceptors (Lipinski definition) is 3. The van der Waals surface area contributed by atoms with Crippen LogP contribution < -0.4 is 4.74 Å². The highest BCUT2D eigenvalue weighted by Crippen LogP contribution is 2.31. The third kappa shape index (κ3) is 2.51. The molecule has 18 heavy (non-hydrogen) atoms. The quantitative estimate of drug-likeness (QED) is 0.912. The van der Waals surface area contributed by atoms with E-state index in [1.165, 1.54) is 25.3 Å². The zero-order valence-electron chi connectivity index (χ0n) is 9.31. The van der Waals surface area contributed by atoms with E-state index in [2.05, 4.69) is 10.2 Å². The zero-order valence-corrected chi connectivity index (χ0v) is 11.0. The van der Waals surface area contributed by atoms with Crippen LogP contribution in [-0.4, -0.2) is 28.4 Å². The Hall–Kier alpha value is -1.89. The number of aromatic nitrogens is 2. The standard InChI is InChI=1S/C11H9FN2O3.BrH/c1-17-10-6(3-2-4-7(10)12)8-5-9(11(15)16)14-13-8;/h2-5H,1H3,(H,13,14)(H,15,16);1H. The first kappa shape index (κ1) is 14.2. The van der Waals surface area contributed by atoms with Crippen molar-refractivity contribution in [3.8, 4) is 17.0 Å². The van der Waals surface area contributed by atoms with E-state index in [4.69, 9.17) is 9.84 Å². The molecular weight excluding hydrogens is 307 g/mol. The topological polar surface area (TPSA) is 75.2 Å². The molecule has 0 atom stereocenters. The van der Waals surface area contributed by atoms with Gasteiger partial charge in [0.05, 0.1) is 12.8 Å². The van der Waals surface area contributed by atoms with Crippen LogP contribution in [0.1, 0.15) is 10.5 Å². The molecule has 96 valence electrons. The average Bonchev–Trinajstić information content (AvgIpc) is 2.77. The number of carboxylic acids is 1. The molecule has 2 rings (SSSR count). The normalized spacial score (nSPS) is 9.67. The molecule has 0 spiro atoms. The van der Waals surface area contributed by atoms with Crippen LogP contribution in [-0.2, 0) is 0 Å². The van der Waals surface area contributed by atoms with Crippen molar-refractivity contribution < 1.29 is 19.0 Å². The smallest absolute Gasteiger partial charge is 0.353 e. The number of hydrogen-bond donors (Lipinski definition) is 2. The molecule has 0 saturated heterocycles. The van der Waals surface area contributed by atoms with Gasteiger partial charge in [0.25, 0.3) is 0 Å². The third-order valence-corrected chi connectivity index (χ3v) is 2.26. The molecule has 0 unspecified atom stereocenters. The molecule has 0 fully saturated rings. The molecule has 0 saturated carbocycles. The lowest BCUT2D eigenvalue weighted by Gasteiger charge is -2.06. The van der Waals surface area contributed by atoms with Gasteiger partial charge in [0, 0.05) is 5.56 Å². The van der Waals surface area contributed by atoms with Gasteiger partial charge in [0.2, 0.25) is 0 Å². The Bertz CT molecular complexity index is 571. The van der Waals surface area contributed by atoms with Crippen molar-refractivity contribution in [1.29, 1.82) is 0 Å². The van der Waals surface area contributed by atoms with E-state index in [1.807, 2.05) is 0 Å². The number of carbonyl (C=O) groups is 1. The summed E-state index contributed by atoms with van der Waals surface area (Å²) in [7, 11) is 1.34. The molecule has 0 amide bonds. The molecule has 0 aliphatic heterocycles. The summed E-state index contributed by atoms with van der Waals surface area (Å²) in [5.74, 6) is -1.61. The van der Waals surface area contributed by atoms with Crippen LogP contribution in [0.15, 0.2) is 24.3 Å². The molecule has 2 aromatic rings. The fraction of sp³-hybridized carbons (Fsp3) is 0.0909. The van der Waals surface area contributed by atoms with Crippen molar-refractivity contribution in [3.63, 3.8) is 0 Å². The van der Waals surface area contributed by atoms with E-state index < -0.39 is 11.8 Å². The highest BCUT2D eigenvalue weighted by molar-refractivity contribution is 8.93. The highest BCUT2D eigenvalue weighted by Gasteiger charge is 2.15.